The highest BCUT2D eigenvalue weighted by Gasteiger charge is 2.45. The molecule has 0 aromatic heterocycles. The van der Waals surface area contributed by atoms with Gasteiger partial charge in [-0.05, 0) is 50.8 Å². The van der Waals surface area contributed by atoms with E-state index < -0.39 is 5.60 Å². The smallest absolute Gasteiger partial charge is 0.130 e. The molecule has 1 aromatic carbocycles. The minimum atomic E-state index is -0.794. The second kappa shape index (κ2) is 5.00. The third-order valence-corrected chi connectivity index (χ3v) is 4.56. The minimum Gasteiger partial charge on any atom is -0.377 e. The van der Waals surface area contributed by atoms with Crippen molar-refractivity contribution in [1.29, 1.82) is 0 Å². The number of hydrogen-bond acceptors (Lipinski definition) is 2. The molecule has 1 aliphatic heterocycles. The maximum atomic E-state index is 10.8. The van der Waals surface area contributed by atoms with Crippen molar-refractivity contribution in [3.05, 3.63) is 35.4 Å². The van der Waals surface area contributed by atoms with E-state index in [4.69, 9.17) is 0 Å². The summed E-state index contributed by atoms with van der Waals surface area (Å²) in [5.41, 5.74) is 1.44. The van der Waals surface area contributed by atoms with Gasteiger partial charge in [0.15, 0.2) is 0 Å². The second-order valence-corrected chi connectivity index (χ2v) is 5.96. The van der Waals surface area contributed by atoms with Gasteiger partial charge in [0, 0.05) is 18.0 Å². The van der Waals surface area contributed by atoms with Crippen LogP contribution in [0.5, 0.6) is 0 Å². The molecule has 0 bridgehead atoms. The Morgan fingerprint density at radius 2 is 2.05 bits per heavy atom. The zero-order chi connectivity index (χ0) is 13.3. The molecule has 100 valence electrons. The van der Waals surface area contributed by atoms with Gasteiger partial charge in [-0.15, -0.1) is 0 Å². The van der Waals surface area contributed by atoms with Crippen molar-refractivity contribution in [3.8, 4) is 11.8 Å². The molecule has 2 N–H and O–H groups in total. The highest BCUT2D eigenvalue weighted by molar-refractivity contribution is 5.38. The molecule has 1 aliphatic carbocycles. The zero-order valence-corrected chi connectivity index (χ0v) is 11.4. The van der Waals surface area contributed by atoms with Crippen LogP contribution in [0.15, 0.2) is 24.3 Å². The van der Waals surface area contributed by atoms with E-state index in [1.54, 1.807) is 0 Å². The molecule has 3 unspecified atom stereocenters. The van der Waals surface area contributed by atoms with Crippen molar-refractivity contribution >= 4 is 0 Å². The molecule has 1 saturated carbocycles. The number of benzene rings is 1. The molecule has 19 heavy (non-hydrogen) atoms. The van der Waals surface area contributed by atoms with Crippen LogP contribution in [-0.4, -0.2) is 23.8 Å². The molecule has 2 heteroatoms. The van der Waals surface area contributed by atoms with E-state index in [9.17, 15) is 5.11 Å². The highest BCUT2D eigenvalue weighted by Crippen LogP contribution is 2.39. The molecular weight excluding hydrogens is 234 g/mol. The van der Waals surface area contributed by atoms with Crippen molar-refractivity contribution in [2.45, 2.75) is 31.8 Å². The van der Waals surface area contributed by atoms with Crippen LogP contribution in [0, 0.1) is 30.6 Å². The lowest BCUT2D eigenvalue weighted by atomic mass is 9.71. The molecular formula is C17H21NO. The van der Waals surface area contributed by atoms with E-state index in [0.717, 1.165) is 31.5 Å². The van der Waals surface area contributed by atoms with Gasteiger partial charge in [-0.1, -0.05) is 29.5 Å². The maximum Gasteiger partial charge on any atom is 0.130 e. The van der Waals surface area contributed by atoms with Crippen molar-refractivity contribution in [2.75, 3.05) is 13.1 Å². The number of rotatable bonds is 0. The summed E-state index contributed by atoms with van der Waals surface area (Å²) in [6.07, 6.45) is 3.13. The Balaban J connectivity index is 1.83. The normalized spacial score (nSPS) is 33.4. The van der Waals surface area contributed by atoms with Crippen LogP contribution in [0.3, 0.4) is 0 Å². The molecule has 3 atom stereocenters. The van der Waals surface area contributed by atoms with Crippen molar-refractivity contribution < 1.29 is 5.11 Å². The van der Waals surface area contributed by atoms with Crippen LogP contribution >= 0.6 is 0 Å². The van der Waals surface area contributed by atoms with Crippen LogP contribution in [0.1, 0.15) is 30.4 Å². The summed E-state index contributed by atoms with van der Waals surface area (Å²) in [6.45, 7) is 4.02. The van der Waals surface area contributed by atoms with E-state index >= 15 is 0 Å². The van der Waals surface area contributed by atoms with E-state index in [2.05, 4.69) is 36.2 Å². The second-order valence-electron chi connectivity index (χ2n) is 5.96. The zero-order valence-electron chi connectivity index (χ0n) is 11.4. The fourth-order valence-corrected chi connectivity index (χ4v) is 3.39. The van der Waals surface area contributed by atoms with Gasteiger partial charge in [-0.25, -0.2) is 0 Å². The van der Waals surface area contributed by atoms with Gasteiger partial charge in [-0.3, -0.25) is 0 Å². The van der Waals surface area contributed by atoms with E-state index in [1.807, 2.05) is 12.1 Å². The summed E-state index contributed by atoms with van der Waals surface area (Å²) < 4.78 is 0. The van der Waals surface area contributed by atoms with Crippen molar-refractivity contribution in [3.63, 3.8) is 0 Å². The Morgan fingerprint density at radius 1 is 1.26 bits per heavy atom. The largest absolute Gasteiger partial charge is 0.377 e. The summed E-state index contributed by atoms with van der Waals surface area (Å²) in [7, 11) is 0. The van der Waals surface area contributed by atoms with Crippen LogP contribution in [-0.2, 0) is 0 Å². The average Bonchev–Trinajstić information content (AvgIpc) is 2.88. The standard InChI is InChI=1S/C17H21NO/c1-13-4-6-14(7-5-13)8-10-17(19)9-2-3-15-11-18-12-16(15)17/h4-7,15-16,18-19H,2-3,9,11-12H2,1H3. The first kappa shape index (κ1) is 12.7. The third kappa shape index (κ3) is 2.54. The fourth-order valence-electron chi connectivity index (χ4n) is 3.39. The number of hydrogen-bond donors (Lipinski definition) is 2. The van der Waals surface area contributed by atoms with Crippen LogP contribution in [0.2, 0.25) is 0 Å². The Labute approximate surface area is 115 Å². The quantitative estimate of drug-likeness (QED) is 0.696. The molecule has 0 amide bonds. The first-order valence-electron chi connectivity index (χ1n) is 7.20. The molecule has 3 rings (SSSR count). The Bertz CT molecular complexity index is 510. The van der Waals surface area contributed by atoms with Gasteiger partial charge in [0.05, 0.1) is 0 Å². The van der Waals surface area contributed by atoms with Crippen LogP contribution in [0.25, 0.3) is 0 Å². The van der Waals surface area contributed by atoms with Gasteiger partial charge >= 0.3 is 0 Å². The molecule has 0 spiro atoms. The molecule has 2 fully saturated rings. The summed E-state index contributed by atoms with van der Waals surface area (Å²) in [4.78, 5) is 0. The predicted octanol–water partition coefficient (Wildman–Crippen LogP) is 2.10. The Morgan fingerprint density at radius 3 is 2.84 bits per heavy atom. The van der Waals surface area contributed by atoms with E-state index in [-0.39, 0.29) is 0 Å². The number of nitrogens with one attached hydrogen (secondary N) is 1. The molecule has 1 saturated heterocycles. The lowest BCUT2D eigenvalue weighted by Gasteiger charge is -2.37. The van der Waals surface area contributed by atoms with E-state index in [0.29, 0.717) is 11.8 Å². The Hall–Kier alpha value is -1.30. The molecule has 1 aromatic rings. The SMILES string of the molecule is Cc1ccc(C#CC2(O)CCCC3CNCC32)cc1. The van der Waals surface area contributed by atoms with Crippen molar-refractivity contribution in [2.24, 2.45) is 11.8 Å². The molecule has 2 nitrogen and oxygen atoms in total. The lowest BCUT2D eigenvalue weighted by Crippen LogP contribution is -2.44. The molecule has 1 heterocycles. The predicted molar refractivity (Wildman–Crippen MR) is 76.7 cm³/mol. The van der Waals surface area contributed by atoms with Gasteiger partial charge in [0.2, 0.25) is 0 Å². The fraction of sp³-hybridized carbons (Fsp3) is 0.529. The average molecular weight is 255 g/mol. The summed E-state index contributed by atoms with van der Waals surface area (Å²) >= 11 is 0. The molecule has 0 radical (unpaired) electrons. The third-order valence-electron chi connectivity index (χ3n) is 4.56. The number of fused-ring (bicyclic) bond motifs is 1. The minimum absolute atomic E-state index is 0.305. The highest BCUT2D eigenvalue weighted by atomic mass is 16.3. The van der Waals surface area contributed by atoms with Crippen molar-refractivity contribution in [1.82, 2.24) is 5.32 Å². The Kier molecular flexibility index (Phi) is 3.35. The van der Waals surface area contributed by atoms with Crippen LogP contribution < -0.4 is 5.32 Å². The number of aliphatic hydroxyl groups is 1. The van der Waals surface area contributed by atoms with Crippen LogP contribution in [0.4, 0.5) is 0 Å². The topological polar surface area (TPSA) is 32.3 Å². The van der Waals surface area contributed by atoms with Gasteiger partial charge in [0.25, 0.3) is 0 Å². The maximum absolute atomic E-state index is 10.8. The molecule has 2 aliphatic rings. The lowest BCUT2D eigenvalue weighted by molar-refractivity contribution is -0.00658. The first-order chi connectivity index (χ1) is 9.17. The number of aryl methyl sites for hydroxylation is 1. The van der Waals surface area contributed by atoms with Gasteiger partial charge in [-0.2, -0.15) is 0 Å². The summed E-state index contributed by atoms with van der Waals surface area (Å²) in [5.74, 6) is 7.25. The first-order valence-corrected chi connectivity index (χ1v) is 7.20. The monoisotopic (exact) mass is 255 g/mol. The van der Waals surface area contributed by atoms with Gasteiger partial charge in [0.1, 0.15) is 5.60 Å². The van der Waals surface area contributed by atoms with E-state index in [1.165, 1.54) is 12.0 Å². The summed E-state index contributed by atoms with van der Waals surface area (Å²) in [5, 5.41) is 14.2. The summed E-state index contributed by atoms with van der Waals surface area (Å²) in [6, 6.07) is 8.18. The van der Waals surface area contributed by atoms with Gasteiger partial charge < -0.3 is 10.4 Å².